The molecule has 0 unspecified atom stereocenters. The number of hydrogen-bond donors (Lipinski definition) is 3. The summed E-state index contributed by atoms with van der Waals surface area (Å²) in [6.07, 6.45) is 20.6. The Hall–Kier alpha value is -1.25. The van der Waals surface area contributed by atoms with E-state index in [1.165, 1.54) is 94.6 Å². The standard InChI is InChI=1S/C34H57O3P/c1-5-7-9-11-13-15-17-19-30-21-23-32(24-22-30)29-34(3,4)38(35,36,37)33-27-25-31(26-28-33)20-18-16-14-12-10-8-6-2/h21-28,35-37H,5-20,29H2,1-4H3. The van der Waals surface area contributed by atoms with E-state index in [2.05, 4.69) is 38.1 Å². The summed E-state index contributed by atoms with van der Waals surface area (Å²) < 4.78 is 0. The molecule has 0 aromatic heterocycles. The summed E-state index contributed by atoms with van der Waals surface area (Å²) in [7, 11) is -5.12. The Morgan fingerprint density at radius 3 is 1.26 bits per heavy atom. The van der Waals surface area contributed by atoms with Crippen molar-refractivity contribution in [1.82, 2.24) is 0 Å². The van der Waals surface area contributed by atoms with Crippen LogP contribution in [0.25, 0.3) is 0 Å². The molecule has 0 saturated carbocycles. The summed E-state index contributed by atoms with van der Waals surface area (Å²) >= 11 is 0. The first kappa shape index (κ1) is 33.0. The van der Waals surface area contributed by atoms with Crippen LogP contribution in [-0.4, -0.2) is 19.8 Å². The predicted molar refractivity (Wildman–Crippen MR) is 167 cm³/mol. The van der Waals surface area contributed by atoms with E-state index in [1.54, 1.807) is 26.0 Å². The molecule has 0 radical (unpaired) electrons. The number of unbranched alkanes of at least 4 members (excludes halogenated alkanes) is 12. The van der Waals surface area contributed by atoms with Crippen molar-refractivity contribution >= 4 is 12.6 Å². The van der Waals surface area contributed by atoms with Crippen LogP contribution in [0.2, 0.25) is 0 Å². The summed E-state index contributed by atoms with van der Waals surface area (Å²) in [5.74, 6) is 0. The van der Waals surface area contributed by atoms with Gasteiger partial charge in [-0.15, -0.1) is 0 Å². The second-order valence-electron chi connectivity index (χ2n) is 12.2. The van der Waals surface area contributed by atoms with Gasteiger partial charge in [0.1, 0.15) is 0 Å². The minimum absolute atomic E-state index is 0.250. The third kappa shape index (κ3) is 10.4. The Morgan fingerprint density at radius 1 is 0.500 bits per heavy atom. The van der Waals surface area contributed by atoms with Crippen molar-refractivity contribution < 1.29 is 14.7 Å². The molecule has 2 rings (SSSR count). The van der Waals surface area contributed by atoms with E-state index in [-0.39, 0.29) is 5.30 Å². The maximum absolute atomic E-state index is 11.4. The Balaban J connectivity index is 1.88. The van der Waals surface area contributed by atoms with Crippen LogP contribution < -0.4 is 5.30 Å². The average molecular weight is 545 g/mol. The van der Waals surface area contributed by atoms with Gasteiger partial charge in [0.05, 0.1) is 0 Å². The topological polar surface area (TPSA) is 60.7 Å². The first-order valence-electron chi connectivity index (χ1n) is 15.5. The fourth-order valence-corrected chi connectivity index (χ4v) is 7.20. The number of aryl methyl sites for hydroxylation is 2. The van der Waals surface area contributed by atoms with Crippen LogP contribution in [-0.2, 0) is 19.3 Å². The van der Waals surface area contributed by atoms with Gasteiger partial charge < -0.3 is 0 Å². The minimum atomic E-state index is -5.12. The van der Waals surface area contributed by atoms with Crippen molar-refractivity contribution in [3.8, 4) is 0 Å². The molecule has 0 saturated heterocycles. The number of rotatable bonds is 20. The SMILES string of the molecule is CCCCCCCCCc1ccc(CC(C)(C)P(O)(O)(O)c2ccc(CCCCCCCCC)cc2)cc1. The van der Waals surface area contributed by atoms with E-state index in [1.807, 2.05) is 12.1 Å². The van der Waals surface area contributed by atoms with Crippen LogP contribution in [0.3, 0.4) is 0 Å². The first-order valence-corrected chi connectivity index (χ1v) is 17.6. The number of hydrogen-bond acceptors (Lipinski definition) is 3. The molecule has 3 N–H and O–H groups in total. The molecule has 0 aliphatic rings. The average Bonchev–Trinajstić information content (AvgIpc) is 2.88. The molecule has 2 aromatic rings. The van der Waals surface area contributed by atoms with Gasteiger partial charge >= 0.3 is 208 Å². The van der Waals surface area contributed by atoms with Crippen LogP contribution in [0.4, 0.5) is 0 Å². The predicted octanol–water partition coefficient (Wildman–Crippen LogP) is 9.19. The van der Waals surface area contributed by atoms with Crippen LogP contribution >= 0.6 is 7.28 Å². The molecule has 0 spiro atoms. The second kappa shape index (κ2) is 16.1. The van der Waals surface area contributed by atoms with Gasteiger partial charge in [-0.05, 0) is 0 Å². The van der Waals surface area contributed by atoms with Gasteiger partial charge in [-0.3, -0.25) is 0 Å². The quantitative estimate of drug-likeness (QED) is 0.115. The van der Waals surface area contributed by atoms with Gasteiger partial charge in [0.15, 0.2) is 0 Å². The summed E-state index contributed by atoms with van der Waals surface area (Å²) in [6.45, 7) is 8.03. The van der Waals surface area contributed by atoms with E-state index >= 15 is 0 Å². The summed E-state index contributed by atoms with van der Waals surface area (Å²) in [5, 5.41) is -0.842. The molecular weight excluding hydrogens is 487 g/mol. The van der Waals surface area contributed by atoms with E-state index in [9.17, 15) is 14.7 Å². The Labute approximate surface area is 234 Å². The molecular formula is C34H57O3P. The molecule has 0 fully saturated rings. The first-order chi connectivity index (χ1) is 18.1. The third-order valence-electron chi connectivity index (χ3n) is 8.32. The van der Waals surface area contributed by atoms with E-state index in [0.29, 0.717) is 6.42 Å². The zero-order valence-electron chi connectivity index (χ0n) is 24.9. The summed E-state index contributed by atoms with van der Waals surface area (Å²) in [5.41, 5.74) is 3.52. The van der Waals surface area contributed by atoms with Crippen molar-refractivity contribution in [2.75, 3.05) is 0 Å². The van der Waals surface area contributed by atoms with Crippen LogP contribution in [0, 0.1) is 0 Å². The summed E-state index contributed by atoms with van der Waals surface area (Å²) in [6, 6.07) is 15.8. The van der Waals surface area contributed by atoms with Crippen molar-refractivity contribution in [2.24, 2.45) is 0 Å². The van der Waals surface area contributed by atoms with Crippen LogP contribution in [0.15, 0.2) is 48.5 Å². The van der Waals surface area contributed by atoms with Crippen LogP contribution in [0.1, 0.15) is 134 Å². The van der Waals surface area contributed by atoms with Crippen molar-refractivity contribution in [3.63, 3.8) is 0 Å². The van der Waals surface area contributed by atoms with Gasteiger partial charge in [-0.1, -0.05) is 26.7 Å². The monoisotopic (exact) mass is 544 g/mol. The van der Waals surface area contributed by atoms with Gasteiger partial charge in [-0.2, -0.15) is 0 Å². The molecule has 2 aromatic carbocycles. The Bertz CT molecular complexity index is 894. The molecule has 3 nitrogen and oxygen atoms in total. The normalized spacial score (nSPS) is 13.4. The molecule has 38 heavy (non-hydrogen) atoms. The molecule has 0 bridgehead atoms. The second-order valence-corrected chi connectivity index (χ2v) is 15.9. The molecule has 0 aliphatic carbocycles. The molecule has 0 amide bonds. The maximum atomic E-state index is 11.4. The van der Waals surface area contributed by atoms with Gasteiger partial charge in [-0.25, -0.2) is 0 Å². The molecule has 216 valence electrons. The Kier molecular flexibility index (Phi) is 14.0. The fourth-order valence-electron chi connectivity index (χ4n) is 5.33. The molecule has 4 heteroatoms. The molecule has 0 atom stereocenters. The molecule has 0 heterocycles. The third-order valence-corrected chi connectivity index (χ3v) is 12.0. The zero-order valence-corrected chi connectivity index (χ0v) is 25.8. The van der Waals surface area contributed by atoms with E-state index in [0.717, 1.165) is 24.8 Å². The van der Waals surface area contributed by atoms with Gasteiger partial charge in [0, 0.05) is 0 Å². The zero-order chi connectivity index (χ0) is 27.9. The van der Waals surface area contributed by atoms with E-state index < -0.39 is 12.4 Å². The number of benzene rings is 2. The van der Waals surface area contributed by atoms with Gasteiger partial charge in [0.2, 0.25) is 0 Å². The fraction of sp³-hybridized carbons (Fsp3) is 0.647. The van der Waals surface area contributed by atoms with Crippen molar-refractivity contribution in [1.29, 1.82) is 0 Å². The Morgan fingerprint density at radius 2 is 0.842 bits per heavy atom. The molecule has 0 aliphatic heterocycles. The van der Waals surface area contributed by atoms with Gasteiger partial charge in [0.25, 0.3) is 0 Å². The van der Waals surface area contributed by atoms with Crippen molar-refractivity contribution in [3.05, 3.63) is 65.2 Å². The van der Waals surface area contributed by atoms with Crippen LogP contribution in [0.5, 0.6) is 0 Å². The van der Waals surface area contributed by atoms with E-state index in [4.69, 9.17) is 0 Å². The summed E-state index contributed by atoms with van der Waals surface area (Å²) in [4.78, 5) is 34.1. The van der Waals surface area contributed by atoms with Crippen molar-refractivity contribution in [2.45, 2.75) is 142 Å².